The third-order valence-corrected chi connectivity index (χ3v) is 2.56. The summed E-state index contributed by atoms with van der Waals surface area (Å²) in [5.74, 6) is 0.514. The highest BCUT2D eigenvalue weighted by molar-refractivity contribution is 5.76. The van der Waals surface area contributed by atoms with Gasteiger partial charge >= 0.3 is 6.03 Å². The molecule has 0 radical (unpaired) electrons. The molecule has 0 spiro atoms. The van der Waals surface area contributed by atoms with E-state index in [4.69, 9.17) is 5.73 Å². The molecule has 2 N–H and O–H groups in total. The van der Waals surface area contributed by atoms with Gasteiger partial charge in [0.05, 0.1) is 6.54 Å². The molecular formula is C9H15N5O. The normalized spacial score (nSPS) is 16.5. The Morgan fingerprint density at radius 2 is 2.27 bits per heavy atom. The number of nitrogens with two attached hydrogens (primary N) is 1. The van der Waals surface area contributed by atoms with Crippen LogP contribution in [0.1, 0.15) is 0 Å². The second-order valence-electron chi connectivity index (χ2n) is 3.69. The molecular weight excluding hydrogens is 194 g/mol. The Bertz CT molecular complexity index is 361. The average molecular weight is 209 g/mol. The van der Waals surface area contributed by atoms with E-state index in [0.717, 1.165) is 13.1 Å². The minimum Gasteiger partial charge on any atom is -0.382 e. The number of hydrogen-bond donors (Lipinski definition) is 1. The van der Waals surface area contributed by atoms with Crippen molar-refractivity contribution in [3.8, 4) is 0 Å². The fourth-order valence-electron chi connectivity index (χ4n) is 1.64. The smallest absolute Gasteiger partial charge is 0.319 e. The van der Waals surface area contributed by atoms with E-state index in [2.05, 4.69) is 5.10 Å². The van der Waals surface area contributed by atoms with Crippen LogP contribution in [0.2, 0.25) is 0 Å². The maximum atomic E-state index is 11.5. The van der Waals surface area contributed by atoms with Crippen LogP contribution in [0.4, 0.5) is 10.6 Å². The Labute approximate surface area is 88.2 Å². The standard InChI is InChI=1S/C9H15N5O/c1-12-4-5-13(9(12)15)6-7-14-3-2-8(10)11-14/h2-3H,4-7H2,1H3,(H2,10,11). The zero-order valence-corrected chi connectivity index (χ0v) is 8.76. The number of carbonyl (C=O) groups is 1. The van der Waals surface area contributed by atoms with Gasteiger partial charge in [0.1, 0.15) is 5.82 Å². The lowest BCUT2D eigenvalue weighted by Gasteiger charge is -2.15. The average Bonchev–Trinajstić information content (AvgIpc) is 2.74. The number of nitrogens with zero attached hydrogens (tertiary/aromatic N) is 4. The zero-order chi connectivity index (χ0) is 10.8. The van der Waals surface area contributed by atoms with Crippen LogP contribution in [-0.4, -0.2) is 52.3 Å². The van der Waals surface area contributed by atoms with E-state index in [1.165, 1.54) is 0 Å². The van der Waals surface area contributed by atoms with Gasteiger partial charge in [0.15, 0.2) is 0 Å². The van der Waals surface area contributed by atoms with E-state index in [1.54, 1.807) is 15.6 Å². The van der Waals surface area contributed by atoms with Crippen LogP contribution in [-0.2, 0) is 6.54 Å². The number of nitrogen functional groups attached to an aromatic ring is 1. The van der Waals surface area contributed by atoms with Crippen LogP contribution in [0.3, 0.4) is 0 Å². The van der Waals surface area contributed by atoms with Crippen LogP contribution >= 0.6 is 0 Å². The third kappa shape index (κ3) is 2.03. The van der Waals surface area contributed by atoms with E-state index < -0.39 is 0 Å². The highest BCUT2D eigenvalue weighted by atomic mass is 16.2. The van der Waals surface area contributed by atoms with E-state index in [9.17, 15) is 4.79 Å². The summed E-state index contributed by atoms with van der Waals surface area (Å²) >= 11 is 0. The summed E-state index contributed by atoms with van der Waals surface area (Å²) in [6.45, 7) is 2.98. The summed E-state index contributed by atoms with van der Waals surface area (Å²) in [6, 6.07) is 1.84. The van der Waals surface area contributed by atoms with Gasteiger partial charge in [-0.15, -0.1) is 0 Å². The van der Waals surface area contributed by atoms with Crippen molar-refractivity contribution in [2.75, 3.05) is 32.4 Å². The number of anilines is 1. The molecule has 2 rings (SSSR count). The molecule has 6 nitrogen and oxygen atoms in total. The number of hydrogen-bond acceptors (Lipinski definition) is 3. The summed E-state index contributed by atoms with van der Waals surface area (Å²) in [5, 5.41) is 4.06. The predicted molar refractivity (Wildman–Crippen MR) is 56.2 cm³/mol. The van der Waals surface area contributed by atoms with Gasteiger partial charge in [0, 0.05) is 32.9 Å². The van der Waals surface area contributed by atoms with Crippen molar-refractivity contribution >= 4 is 11.8 Å². The van der Waals surface area contributed by atoms with Gasteiger partial charge in [0.2, 0.25) is 0 Å². The lowest BCUT2D eigenvalue weighted by Crippen LogP contribution is -2.32. The monoisotopic (exact) mass is 209 g/mol. The van der Waals surface area contributed by atoms with E-state index in [1.807, 2.05) is 18.1 Å². The first-order valence-corrected chi connectivity index (χ1v) is 4.96. The summed E-state index contributed by atoms with van der Waals surface area (Å²) in [4.78, 5) is 15.1. The van der Waals surface area contributed by atoms with Gasteiger partial charge in [-0.1, -0.05) is 0 Å². The molecule has 1 aliphatic rings. The van der Waals surface area contributed by atoms with Gasteiger partial charge in [0.25, 0.3) is 0 Å². The van der Waals surface area contributed by atoms with Gasteiger partial charge in [-0.3, -0.25) is 4.68 Å². The Morgan fingerprint density at radius 1 is 1.47 bits per heavy atom. The fourth-order valence-corrected chi connectivity index (χ4v) is 1.64. The Hall–Kier alpha value is -1.72. The summed E-state index contributed by atoms with van der Waals surface area (Å²) in [7, 11) is 1.81. The molecule has 15 heavy (non-hydrogen) atoms. The lowest BCUT2D eigenvalue weighted by atomic mass is 10.5. The van der Waals surface area contributed by atoms with Crippen LogP contribution in [0.25, 0.3) is 0 Å². The molecule has 0 aromatic carbocycles. The predicted octanol–water partition coefficient (Wildman–Crippen LogP) is -0.167. The minimum atomic E-state index is 0.0927. The van der Waals surface area contributed by atoms with E-state index in [0.29, 0.717) is 18.9 Å². The molecule has 1 aliphatic heterocycles. The molecule has 0 aliphatic carbocycles. The van der Waals surface area contributed by atoms with Crippen LogP contribution < -0.4 is 5.73 Å². The molecule has 1 aromatic heterocycles. The van der Waals surface area contributed by atoms with E-state index in [-0.39, 0.29) is 6.03 Å². The Balaban J connectivity index is 1.86. The highest BCUT2D eigenvalue weighted by Crippen LogP contribution is 2.06. The molecule has 0 atom stereocenters. The molecule has 82 valence electrons. The molecule has 0 unspecified atom stereocenters. The van der Waals surface area contributed by atoms with Gasteiger partial charge in [-0.05, 0) is 6.07 Å². The third-order valence-electron chi connectivity index (χ3n) is 2.56. The summed E-state index contributed by atoms with van der Waals surface area (Å²) in [6.07, 6.45) is 1.82. The van der Waals surface area contributed by atoms with Crippen LogP contribution in [0.5, 0.6) is 0 Å². The maximum Gasteiger partial charge on any atom is 0.319 e. The van der Waals surface area contributed by atoms with Crippen molar-refractivity contribution < 1.29 is 4.79 Å². The quantitative estimate of drug-likeness (QED) is 0.751. The summed E-state index contributed by atoms with van der Waals surface area (Å²) < 4.78 is 1.75. The number of amides is 2. The number of carbonyl (C=O) groups excluding carboxylic acids is 1. The molecule has 1 fully saturated rings. The zero-order valence-electron chi connectivity index (χ0n) is 8.76. The minimum absolute atomic E-state index is 0.0927. The molecule has 0 bridgehead atoms. The first-order valence-electron chi connectivity index (χ1n) is 4.96. The molecule has 1 aromatic rings. The second-order valence-corrected chi connectivity index (χ2v) is 3.69. The second kappa shape index (κ2) is 3.80. The van der Waals surface area contributed by atoms with Crippen molar-refractivity contribution in [3.63, 3.8) is 0 Å². The maximum absolute atomic E-state index is 11.5. The molecule has 0 saturated carbocycles. The Kier molecular flexibility index (Phi) is 2.49. The van der Waals surface area contributed by atoms with Gasteiger partial charge < -0.3 is 15.5 Å². The molecule has 1 saturated heterocycles. The van der Waals surface area contributed by atoms with Crippen LogP contribution in [0, 0.1) is 0 Å². The SMILES string of the molecule is CN1CCN(CCn2ccc(N)n2)C1=O. The number of likely N-dealkylation sites (N-methyl/N-ethyl adjacent to an activating group) is 1. The van der Waals surface area contributed by atoms with Crippen molar-refractivity contribution in [3.05, 3.63) is 12.3 Å². The number of urea groups is 1. The van der Waals surface area contributed by atoms with E-state index >= 15 is 0 Å². The molecule has 2 heterocycles. The Morgan fingerprint density at radius 3 is 2.80 bits per heavy atom. The van der Waals surface area contributed by atoms with Gasteiger partial charge in [-0.2, -0.15) is 5.10 Å². The summed E-state index contributed by atoms with van der Waals surface area (Å²) in [5.41, 5.74) is 5.49. The van der Waals surface area contributed by atoms with Crippen molar-refractivity contribution in [2.45, 2.75) is 6.54 Å². The fraction of sp³-hybridized carbons (Fsp3) is 0.556. The van der Waals surface area contributed by atoms with Crippen molar-refractivity contribution in [2.24, 2.45) is 0 Å². The number of aromatic nitrogens is 2. The lowest BCUT2D eigenvalue weighted by molar-refractivity contribution is 0.196. The van der Waals surface area contributed by atoms with Crippen molar-refractivity contribution in [1.29, 1.82) is 0 Å². The van der Waals surface area contributed by atoms with Gasteiger partial charge in [-0.25, -0.2) is 4.79 Å². The largest absolute Gasteiger partial charge is 0.382 e. The highest BCUT2D eigenvalue weighted by Gasteiger charge is 2.24. The molecule has 2 amide bonds. The molecule has 6 heteroatoms. The first kappa shape index (κ1) is 9.82. The first-order chi connectivity index (χ1) is 7.16. The number of rotatable bonds is 3. The topological polar surface area (TPSA) is 67.4 Å². The van der Waals surface area contributed by atoms with Crippen LogP contribution in [0.15, 0.2) is 12.3 Å². The van der Waals surface area contributed by atoms with Crippen molar-refractivity contribution in [1.82, 2.24) is 19.6 Å².